The van der Waals surface area contributed by atoms with Crippen LogP contribution in [0.15, 0.2) is 0 Å². The van der Waals surface area contributed by atoms with E-state index in [-0.39, 0.29) is 0 Å². The van der Waals surface area contributed by atoms with Crippen molar-refractivity contribution in [3.05, 3.63) is 0 Å². The Hall–Kier alpha value is 0.500. The van der Waals surface area contributed by atoms with Gasteiger partial charge in [0.25, 0.3) is 5.90 Å². The fraction of sp³-hybridized carbons (Fsp3) is 0.750. The van der Waals surface area contributed by atoms with Gasteiger partial charge in [0.1, 0.15) is 17.7 Å². The lowest BCUT2D eigenvalue weighted by atomic mass is 10.9. The van der Waals surface area contributed by atoms with Crippen LogP contribution in [-0.4, -0.2) is 25.5 Å². The summed E-state index contributed by atoms with van der Waals surface area (Å²) in [6, 6.07) is 0. The molecule has 0 heterocycles. The Morgan fingerprint density at radius 3 is 3.00 bits per heavy atom. The van der Waals surface area contributed by atoms with Crippen molar-refractivity contribution in [2.45, 2.75) is 0 Å². The summed E-state index contributed by atoms with van der Waals surface area (Å²) in [4.78, 5) is 9.82. The van der Waals surface area contributed by atoms with Gasteiger partial charge in [-0.15, -0.1) is 0 Å². The lowest BCUT2D eigenvalue weighted by molar-refractivity contribution is -0.105. The van der Waals surface area contributed by atoms with Gasteiger partial charge in [-0.2, -0.15) is 0 Å². The van der Waals surface area contributed by atoms with E-state index in [1.807, 2.05) is 0 Å². The van der Waals surface area contributed by atoms with E-state index in [1.54, 1.807) is 7.11 Å². The first-order chi connectivity index (χ1) is 4.31. The van der Waals surface area contributed by atoms with Gasteiger partial charge < -0.3 is 9.53 Å². The van der Waals surface area contributed by atoms with E-state index in [4.69, 9.17) is 16.5 Å². The van der Waals surface area contributed by atoms with Crippen LogP contribution in [0.25, 0.3) is 0 Å². The van der Waals surface area contributed by atoms with Crippen LogP contribution in [0.3, 0.4) is 0 Å². The highest BCUT2D eigenvalue weighted by Gasteiger charge is 2.08. The average Bonchev–Trinajstić information content (AvgIpc) is 1.85. The maximum Gasteiger partial charge on any atom is 0.274 e. The fourth-order valence-corrected chi connectivity index (χ4v) is 2.85. The lowest BCUT2D eigenvalue weighted by Crippen LogP contribution is -1.79. The molecule has 0 aromatic carbocycles. The molecule has 1 unspecified atom stereocenters. The SMILES string of the molecule is COC[P+](=S)SCC=O. The zero-order valence-corrected chi connectivity index (χ0v) is 7.60. The monoisotopic (exact) mass is 183 g/mol. The van der Waals surface area contributed by atoms with E-state index in [2.05, 4.69) is 0 Å². The first kappa shape index (κ1) is 9.50. The molecule has 0 spiro atoms. The first-order valence-electron chi connectivity index (χ1n) is 2.31. The van der Waals surface area contributed by atoms with Crippen LogP contribution in [-0.2, 0) is 21.3 Å². The summed E-state index contributed by atoms with van der Waals surface area (Å²) in [5.41, 5.74) is 0. The molecule has 0 aliphatic heterocycles. The molecule has 0 rings (SSSR count). The number of methoxy groups -OCH3 is 1. The molecule has 0 radical (unpaired) electrons. The van der Waals surface area contributed by atoms with Crippen LogP contribution in [0, 0.1) is 0 Å². The Labute approximate surface area is 64.5 Å². The van der Waals surface area contributed by atoms with Gasteiger partial charge in [0, 0.05) is 7.11 Å². The van der Waals surface area contributed by atoms with Crippen molar-refractivity contribution in [1.82, 2.24) is 0 Å². The van der Waals surface area contributed by atoms with Crippen molar-refractivity contribution in [2.24, 2.45) is 0 Å². The molecule has 5 heteroatoms. The molecule has 0 bridgehead atoms. The topological polar surface area (TPSA) is 26.3 Å². The van der Waals surface area contributed by atoms with E-state index in [9.17, 15) is 4.79 Å². The summed E-state index contributed by atoms with van der Waals surface area (Å²) >= 11 is 6.43. The van der Waals surface area contributed by atoms with Gasteiger partial charge >= 0.3 is 0 Å². The average molecular weight is 183 g/mol. The molecule has 0 aliphatic carbocycles. The molecule has 0 saturated carbocycles. The Bertz CT molecular complexity index is 107. The molecular formula is C4H8O2PS2+. The molecule has 52 valence electrons. The minimum absolute atomic E-state index is 0.499. The van der Waals surface area contributed by atoms with E-state index < -0.39 is 5.90 Å². The molecule has 0 amide bonds. The zero-order chi connectivity index (χ0) is 7.11. The van der Waals surface area contributed by atoms with Crippen LogP contribution in [0.4, 0.5) is 0 Å². The summed E-state index contributed by atoms with van der Waals surface area (Å²) in [5, 5.41) is 0. The van der Waals surface area contributed by atoms with Crippen molar-refractivity contribution < 1.29 is 9.53 Å². The van der Waals surface area contributed by atoms with Crippen LogP contribution in [0.2, 0.25) is 0 Å². The molecule has 1 atom stereocenters. The minimum atomic E-state index is -0.540. The molecule has 9 heavy (non-hydrogen) atoms. The summed E-state index contributed by atoms with van der Waals surface area (Å²) in [7, 11) is 1.61. The smallest absolute Gasteiger partial charge is 0.274 e. The Balaban J connectivity index is 3.16. The molecular weight excluding hydrogens is 175 g/mol. The Morgan fingerprint density at radius 1 is 1.89 bits per heavy atom. The third kappa shape index (κ3) is 6.38. The quantitative estimate of drug-likeness (QED) is 0.475. The van der Waals surface area contributed by atoms with Gasteiger partial charge in [-0.05, 0) is 0 Å². The fourth-order valence-electron chi connectivity index (χ4n) is 0.256. The van der Waals surface area contributed by atoms with Gasteiger partial charge in [0.05, 0.1) is 5.75 Å². The van der Waals surface area contributed by atoms with Crippen molar-refractivity contribution in [3.63, 3.8) is 0 Å². The number of hydrogen-bond donors (Lipinski definition) is 0. The number of aldehydes is 1. The van der Waals surface area contributed by atoms with E-state index in [1.165, 1.54) is 11.4 Å². The van der Waals surface area contributed by atoms with E-state index >= 15 is 0 Å². The molecule has 0 aliphatic rings. The molecule has 0 saturated heterocycles. The standard InChI is InChI=1S/C4H8O2PS2/c1-6-4-7(8)9-3-2-5/h2H,3-4H2,1H3/q+1. The van der Waals surface area contributed by atoms with Gasteiger partial charge in [-0.3, -0.25) is 0 Å². The lowest BCUT2D eigenvalue weighted by Gasteiger charge is -1.83. The van der Waals surface area contributed by atoms with E-state index in [0.29, 0.717) is 12.1 Å². The van der Waals surface area contributed by atoms with Crippen LogP contribution in [0.1, 0.15) is 0 Å². The maximum atomic E-state index is 9.82. The third-order valence-electron chi connectivity index (χ3n) is 0.521. The largest absolute Gasteiger partial charge is 0.342 e. The van der Waals surface area contributed by atoms with Crippen molar-refractivity contribution in [1.29, 1.82) is 0 Å². The Morgan fingerprint density at radius 2 is 2.56 bits per heavy atom. The third-order valence-corrected chi connectivity index (χ3v) is 4.46. The second-order valence-corrected chi connectivity index (χ2v) is 6.84. The van der Waals surface area contributed by atoms with Crippen molar-refractivity contribution in [3.8, 4) is 0 Å². The van der Waals surface area contributed by atoms with E-state index in [0.717, 1.165) is 6.29 Å². The second kappa shape index (κ2) is 6.62. The van der Waals surface area contributed by atoms with Gasteiger partial charge in [-0.25, -0.2) is 0 Å². The first-order valence-corrected chi connectivity index (χ1v) is 6.44. The maximum absolute atomic E-state index is 9.82. The number of carbonyl (C=O) groups is 1. The predicted molar refractivity (Wildman–Crippen MR) is 44.7 cm³/mol. The zero-order valence-electron chi connectivity index (χ0n) is 5.07. The molecule has 0 aromatic rings. The van der Waals surface area contributed by atoms with Crippen molar-refractivity contribution >= 4 is 35.4 Å². The number of carbonyl (C=O) groups excluding carboxylic acids is 1. The summed E-state index contributed by atoms with van der Waals surface area (Å²) in [6.07, 6.45) is 1.46. The van der Waals surface area contributed by atoms with Gasteiger partial charge in [0.2, 0.25) is 6.35 Å². The van der Waals surface area contributed by atoms with Crippen LogP contribution in [0.5, 0.6) is 0 Å². The Kier molecular flexibility index (Phi) is 6.99. The second-order valence-electron chi connectivity index (χ2n) is 1.21. The summed E-state index contributed by atoms with van der Waals surface area (Å²) < 4.78 is 4.79. The highest BCUT2D eigenvalue weighted by Crippen LogP contribution is 2.36. The highest BCUT2D eigenvalue weighted by atomic mass is 32.9. The van der Waals surface area contributed by atoms with Gasteiger partial charge in [-0.1, -0.05) is 0 Å². The molecule has 0 fully saturated rings. The summed E-state index contributed by atoms with van der Waals surface area (Å²) in [6.45, 7) is 0. The number of rotatable bonds is 5. The van der Waals surface area contributed by atoms with Crippen LogP contribution >= 0.6 is 17.3 Å². The number of ether oxygens (including phenoxy) is 1. The predicted octanol–water partition coefficient (Wildman–Crippen LogP) is 1.38. The normalized spacial score (nSPS) is 11.0. The highest BCUT2D eigenvalue weighted by molar-refractivity contribution is 8.64. The van der Waals surface area contributed by atoms with Crippen LogP contribution < -0.4 is 0 Å². The summed E-state index contributed by atoms with van der Waals surface area (Å²) in [5.74, 6) is -0.0414. The number of hydrogen-bond acceptors (Lipinski definition) is 4. The van der Waals surface area contributed by atoms with Crippen molar-refractivity contribution in [2.75, 3.05) is 19.2 Å². The minimum Gasteiger partial charge on any atom is -0.342 e. The molecule has 0 aromatic heterocycles. The molecule has 0 N–H and O–H groups in total. The van der Waals surface area contributed by atoms with Gasteiger partial charge in [0.15, 0.2) is 11.8 Å². The molecule has 2 nitrogen and oxygen atoms in total.